The quantitative estimate of drug-likeness (QED) is 0.568. The largest absolute Gasteiger partial charge is 0.495 e. The summed E-state index contributed by atoms with van der Waals surface area (Å²) in [6, 6.07) is 4.90. The fourth-order valence-electron chi connectivity index (χ4n) is 1.54. The molecule has 0 saturated carbocycles. The highest BCUT2D eigenvalue weighted by atomic mass is 19.3. The number of methoxy groups -OCH3 is 1. The van der Waals surface area contributed by atoms with Crippen LogP contribution in [0.15, 0.2) is 18.2 Å². The van der Waals surface area contributed by atoms with Crippen molar-refractivity contribution in [3.05, 3.63) is 18.2 Å². The van der Waals surface area contributed by atoms with Crippen LogP contribution in [0.2, 0.25) is 0 Å². The van der Waals surface area contributed by atoms with E-state index in [2.05, 4.69) is 10.1 Å². The van der Waals surface area contributed by atoms with Gasteiger partial charge in [-0.05, 0) is 24.6 Å². The summed E-state index contributed by atoms with van der Waals surface area (Å²) in [5.74, 6) is 0.246. The third-order valence-corrected chi connectivity index (χ3v) is 2.43. The van der Waals surface area contributed by atoms with Gasteiger partial charge in [0.25, 0.3) is 6.43 Å². The number of ether oxygens (including phenoxy) is 2. The van der Waals surface area contributed by atoms with Crippen molar-refractivity contribution in [2.45, 2.75) is 19.3 Å². The predicted octanol–water partition coefficient (Wildman–Crippen LogP) is 2.28. The van der Waals surface area contributed by atoms with Gasteiger partial charge in [-0.3, -0.25) is 4.79 Å². The van der Waals surface area contributed by atoms with Crippen molar-refractivity contribution in [3.63, 3.8) is 0 Å². The maximum Gasteiger partial charge on any atom is 0.261 e. The molecule has 0 atom stereocenters. The number of alkyl halides is 2. The molecular formula is C13H18F2N2O3. The van der Waals surface area contributed by atoms with Crippen LogP contribution in [0, 0.1) is 0 Å². The van der Waals surface area contributed by atoms with Crippen LogP contribution in [0.3, 0.4) is 0 Å². The van der Waals surface area contributed by atoms with Gasteiger partial charge in [0.2, 0.25) is 5.91 Å². The second-order valence-electron chi connectivity index (χ2n) is 4.08. The lowest BCUT2D eigenvalue weighted by atomic mass is 10.2. The van der Waals surface area contributed by atoms with Crippen LogP contribution < -0.4 is 15.8 Å². The molecule has 7 heteroatoms. The molecule has 20 heavy (non-hydrogen) atoms. The first kappa shape index (κ1) is 16.2. The molecule has 0 aliphatic rings. The lowest BCUT2D eigenvalue weighted by molar-refractivity contribution is -0.116. The normalized spacial score (nSPS) is 10.6. The minimum absolute atomic E-state index is 0.117. The van der Waals surface area contributed by atoms with Gasteiger partial charge in [0, 0.05) is 18.7 Å². The van der Waals surface area contributed by atoms with E-state index < -0.39 is 13.0 Å². The number of rotatable bonds is 8. The lowest BCUT2D eigenvalue weighted by Gasteiger charge is -2.11. The molecule has 1 aromatic rings. The molecule has 0 aliphatic heterocycles. The zero-order chi connectivity index (χ0) is 15.0. The van der Waals surface area contributed by atoms with Gasteiger partial charge in [-0.2, -0.15) is 0 Å². The van der Waals surface area contributed by atoms with Crippen molar-refractivity contribution < 1.29 is 23.0 Å². The SMILES string of the molecule is COc1ccc(N)cc1NC(=O)CCCOCC(F)F. The number of anilines is 2. The molecule has 0 fully saturated rings. The number of carbonyl (C=O) groups excluding carboxylic acids is 1. The van der Waals surface area contributed by atoms with Crippen molar-refractivity contribution in [3.8, 4) is 5.75 Å². The molecule has 0 bridgehead atoms. The van der Waals surface area contributed by atoms with Crippen LogP contribution >= 0.6 is 0 Å². The summed E-state index contributed by atoms with van der Waals surface area (Å²) in [7, 11) is 1.49. The molecule has 0 aromatic heterocycles. The topological polar surface area (TPSA) is 73.6 Å². The van der Waals surface area contributed by atoms with Crippen molar-refractivity contribution in [2.24, 2.45) is 0 Å². The van der Waals surface area contributed by atoms with Gasteiger partial charge in [0.15, 0.2) is 0 Å². The number of nitrogens with two attached hydrogens (primary N) is 1. The zero-order valence-corrected chi connectivity index (χ0v) is 11.2. The second kappa shape index (κ2) is 8.31. The first-order chi connectivity index (χ1) is 9.52. The number of halogens is 2. The van der Waals surface area contributed by atoms with Gasteiger partial charge in [-0.1, -0.05) is 0 Å². The predicted molar refractivity (Wildman–Crippen MR) is 72.1 cm³/mol. The molecule has 0 spiro atoms. The van der Waals surface area contributed by atoms with Crippen molar-refractivity contribution in [2.75, 3.05) is 31.4 Å². The van der Waals surface area contributed by atoms with Gasteiger partial charge in [-0.15, -0.1) is 0 Å². The van der Waals surface area contributed by atoms with Crippen LogP contribution in [-0.2, 0) is 9.53 Å². The maximum absolute atomic E-state index is 11.8. The first-order valence-corrected chi connectivity index (χ1v) is 6.12. The number of hydrogen-bond donors (Lipinski definition) is 2. The number of nitrogen functional groups attached to an aromatic ring is 1. The second-order valence-corrected chi connectivity index (χ2v) is 4.08. The molecule has 0 heterocycles. The molecule has 0 unspecified atom stereocenters. The summed E-state index contributed by atoms with van der Waals surface area (Å²) < 4.78 is 33.4. The van der Waals surface area contributed by atoms with Crippen LogP contribution in [0.25, 0.3) is 0 Å². The lowest BCUT2D eigenvalue weighted by Crippen LogP contribution is -2.14. The van der Waals surface area contributed by atoms with Gasteiger partial charge < -0.3 is 20.5 Å². The Bertz CT molecular complexity index is 442. The summed E-state index contributed by atoms with van der Waals surface area (Å²) in [4.78, 5) is 11.7. The molecule has 112 valence electrons. The van der Waals surface area contributed by atoms with E-state index >= 15 is 0 Å². The Hall–Kier alpha value is -1.89. The maximum atomic E-state index is 11.8. The fourth-order valence-corrected chi connectivity index (χ4v) is 1.54. The average molecular weight is 288 g/mol. The fraction of sp³-hybridized carbons (Fsp3) is 0.462. The Kier molecular flexibility index (Phi) is 6.72. The molecule has 0 saturated heterocycles. The van der Waals surface area contributed by atoms with E-state index in [4.69, 9.17) is 10.5 Å². The number of carbonyl (C=O) groups is 1. The van der Waals surface area contributed by atoms with E-state index in [0.717, 1.165) is 0 Å². The monoisotopic (exact) mass is 288 g/mol. The molecule has 3 N–H and O–H groups in total. The first-order valence-electron chi connectivity index (χ1n) is 6.12. The van der Waals surface area contributed by atoms with Gasteiger partial charge in [0.05, 0.1) is 12.8 Å². The van der Waals surface area contributed by atoms with E-state index in [1.54, 1.807) is 18.2 Å². The minimum atomic E-state index is -2.49. The number of nitrogens with one attached hydrogen (secondary N) is 1. The highest BCUT2D eigenvalue weighted by Crippen LogP contribution is 2.26. The average Bonchev–Trinajstić information content (AvgIpc) is 2.38. The minimum Gasteiger partial charge on any atom is -0.495 e. The Labute approximate surface area is 116 Å². The van der Waals surface area contributed by atoms with Crippen molar-refractivity contribution in [1.29, 1.82) is 0 Å². The van der Waals surface area contributed by atoms with Crippen LogP contribution in [0.4, 0.5) is 20.2 Å². The van der Waals surface area contributed by atoms with Gasteiger partial charge in [0.1, 0.15) is 12.4 Å². The standard InChI is InChI=1S/C13H18F2N2O3/c1-19-11-5-4-9(16)7-10(11)17-13(18)3-2-6-20-8-12(14)15/h4-5,7,12H,2-3,6,8,16H2,1H3,(H,17,18). The third-order valence-electron chi connectivity index (χ3n) is 2.43. The highest BCUT2D eigenvalue weighted by Gasteiger charge is 2.08. The van der Waals surface area contributed by atoms with E-state index in [9.17, 15) is 13.6 Å². The zero-order valence-electron chi connectivity index (χ0n) is 11.2. The molecule has 0 aliphatic carbocycles. The van der Waals surface area contributed by atoms with E-state index in [1.807, 2.05) is 0 Å². The summed E-state index contributed by atoms with van der Waals surface area (Å²) in [6.45, 7) is -0.490. The van der Waals surface area contributed by atoms with Crippen LogP contribution in [0.1, 0.15) is 12.8 Å². The number of amides is 1. The summed E-state index contributed by atoms with van der Waals surface area (Å²) in [5.41, 5.74) is 6.61. The molecular weight excluding hydrogens is 270 g/mol. The van der Waals surface area contributed by atoms with E-state index in [0.29, 0.717) is 23.5 Å². The number of hydrogen-bond acceptors (Lipinski definition) is 4. The van der Waals surface area contributed by atoms with Gasteiger partial charge >= 0.3 is 0 Å². The summed E-state index contributed by atoms with van der Waals surface area (Å²) in [5, 5.41) is 2.65. The Balaban J connectivity index is 2.37. The number of benzene rings is 1. The van der Waals surface area contributed by atoms with Crippen molar-refractivity contribution in [1.82, 2.24) is 0 Å². The Morgan fingerprint density at radius 3 is 2.85 bits per heavy atom. The third kappa shape index (κ3) is 5.83. The van der Waals surface area contributed by atoms with E-state index in [-0.39, 0.29) is 18.9 Å². The molecule has 1 amide bonds. The Morgan fingerprint density at radius 2 is 2.20 bits per heavy atom. The Morgan fingerprint density at radius 1 is 1.45 bits per heavy atom. The van der Waals surface area contributed by atoms with E-state index in [1.165, 1.54) is 7.11 Å². The molecule has 0 radical (unpaired) electrons. The molecule has 1 aromatic carbocycles. The van der Waals surface area contributed by atoms with Gasteiger partial charge in [-0.25, -0.2) is 8.78 Å². The van der Waals surface area contributed by atoms with Crippen molar-refractivity contribution >= 4 is 17.3 Å². The highest BCUT2D eigenvalue weighted by molar-refractivity contribution is 5.92. The van der Waals surface area contributed by atoms with Crippen LogP contribution in [0.5, 0.6) is 5.75 Å². The summed E-state index contributed by atoms with van der Waals surface area (Å²) >= 11 is 0. The molecule has 1 rings (SSSR count). The summed E-state index contributed by atoms with van der Waals surface area (Å²) in [6.07, 6.45) is -1.95. The molecule has 5 nitrogen and oxygen atoms in total. The smallest absolute Gasteiger partial charge is 0.261 e. The van der Waals surface area contributed by atoms with Crippen LogP contribution in [-0.4, -0.2) is 32.7 Å².